The Hall–Kier alpha value is -1.49. The highest BCUT2D eigenvalue weighted by atomic mass is 32.2. The average Bonchev–Trinajstić information content (AvgIpc) is 3.09. The van der Waals surface area contributed by atoms with Gasteiger partial charge in [-0.3, -0.25) is 4.99 Å². The number of fused-ring (bicyclic) bond motifs is 1. The third kappa shape index (κ3) is 1.92. The van der Waals surface area contributed by atoms with Crippen LogP contribution in [0.1, 0.15) is 28.4 Å². The fourth-order valence-corrected chi connectivity index (χ4v) is 4.30. The van der Waals surface area contributed by atoms with Gasteiger partial charge in [0.05, 0.1) is 11.1 Å². The van der Waals surface area contributed by atoms with Gasteiger partial charge in [-0.2, -0.15) is 0 Å². The summed E-state index contributed by atoms with van der Waals surface area (Å²) in [6.07, 6.45) is 5.09. The van der Waals surface area contributed by atoms with E-state index in [1.54, 1.807) is 0 Å². The van der Waals surface area contributed by atoms with Crippen molar-refractivity contribution in [2.45, 2.75) is 30.1 Å². The summed E-state index contributed by atoms with van der Waals surface area (Å²) in [6, 6.07) is 6.97. The summed E-state index contributed by atoms with van der Waals surface area (Å²) < 4.78 is 5.39. The molecule has 0 aromatic heterocycles. The van der Waals surface area contributed by atoms with E-state index in [0.717, 1.165) is 25.1 Å². The molecule has 4 nitrogen and oxygen atoms in total. The zero-order valence-corrected chi connectivity index (χ0v) is 12.0. The number of thioether (sulfide) groups is 1. The Morgan fingerprint density at radius 1 is 1.40 bits per heavy atom. The molecular formula is C15H17N3OS. The number of nitrogens with zero attached hydrogens (tertiary/aromatic N) is 2. The van der Waals surface area contributed by atoms with Crippen LogP contribution in [0.3, 0.4) is 0 Å². The van der Waals surface area contributed by atoms with Gasteiger partial charge in [0.2, 0.25) is 0 Å². The molecule has 0 amide bonds. The Bertz CT molecular complexity index is 613. The number of hydrogen-bond donors (Lipinski definition) is 1. The maximum atomic E-state index is 5.70. The molecular weight excluding hydrogens is 270 g/mol. The van der Waals surface area contributed by atoms with Crippen LogP contribution in [-0.4, -0.2) is 30.3 Å². The molecule has 1 aromatic rings. The first-order chi connectivity index (χ1) is 9.76. The second-order valence-corrected chi connectivity index (χ2v) is 6.77. The van der Waals surface area contributed by atoms with E-state index in [1.807, 2.05) is 11.8 Å². The van der Waals surface area contributed by atoms with E-state index in [4.69, 9.17) is 10.5 Å². The van der Waals surface area contributed by atoms with Crippen molar-refractivity contribution < 1.29 is 4.74 Å². The summed E-state index contributed by atoms with van der Waals surface area (Å²) in [5, 5.41) is 0.424. The summed E-state index contributed by atoms with van der Waals surface area (Å²) in [4.78, 5) is 8.90. The molecule has 5 heteroatoms. The topological polar surface area (TPSA) is 60.0 Å². The van der Waals surface area contributed by atoms with Crippen LogP contribution in [0.4, 0.5) is 0 Å². The second-order valence-electron chi connectivity index (χ2n) is 5.67. The molecule has 0 fully saturated rings. The van der Waals surface area contributed by atoms with Gasteiger partial charge in [-0.05, 0) is 29.5 Å². The smallest absolute Gasteiger partial charge is 0.282 e. The number of hydrogen-bond acceptors (Lipinski definition) is 5. The standard InChI is InChI=1S/C15H17N3OS/c16-14-18-15(8-19-14)5-4-11-10(6-15)2-1-3-12(11)13-7-17-9-20-13/h1-3,7,13H,4-6,8-9H2,(H2,16,18). The predicted octanol–water partition coefficient (Wildman–Crippen LogP) is 2.08. The summed E-state index contributed by atoms with van der Waals surface area (Å²) in [6.45, 7) is 0.627. The van der Waals surface area contributed by atoms with Gasteiger partial charge in [0.1, 0.15) is 12.1 Å². The third-order valence-electron chi connectivity index (χ3n) is 4.38. The van der Waals surface area contributed by atoms with Gasteiger partial charge in [0.25, 0.3) is 6.02 Å². The van der Waals surface area contributed by atoms with Gasteiger partial charge in [0.15, 0.2) is 0 Å². The molecule has 3 aliphatic rings. The van der Waals surface area contributed by atoms with E-state index in [0.29, 0.717) is 17.9 Å². The van der Waals surface area contributed by atoms with Crippen molar-refractivity contribution in [2.75, 3.05) is 12.5 Å². The summed E-state index contributed by atoms with van der Waals surface area (Å²) in [5.41, 5.74) is 9.90. The fraction of sp³-hybridized carbons (Fsp3) is 0.467. The molecule has 0 saturated heterocycles. The lowest BCUT2D eigenvalue weighted by atomic mass is 9.77. The Kier molecular flexibility index (Phi) is 2.77. The average molecular weight is 287 g/mol. The number of aliphatic imine (C=N–C) groups is 2. The number of rotatable bonds is 1. The molecule has 1 aromatic carbocycles. The first kappa shape index (κ1) is 12.3. The van der Waals surface area contributed by atoms with Gasteiger partial charge >= 0.3 is 0 Å². The molecule has 1 aliphatic carbocycles. The molecule has 0 radical (unpaired) electrons. The zero-order valence-electron chi connectivity index (χ0n) is 11.2. The number of ether oxygens (including phenoxy) is 1. The summed E-state index contributed by atoms with van der Waals surface area (Å²) in [7, 11) is 0. The first-order valence-electron chi connectivity index (χ1n) is 6.96. The highest BCUT2D eigenvalue weighted by molar-refractivity contribution is 8.00. The van der Waals surface area contributed by atoms with Crippen LogP contribution in [0.2, 0.25) is 0 Å². The zero-order chi connectivity index (χ0) is 13.6. The SMILES string of the molecule is NC1=NC2(CCc3c(cccc3C3C=NCS3)C2)CO1. The van der Waals surface area contributed by atoms with Gasteiger partial charge in [-0.25, -0.2) is 4.99 Å². The van der Waals surface area contributed by atoms with E-state index in [1.165, 1.54) is 16.7 Å². The summed E-state index contributed by atoms with van der Waals surface area (Å²) >= 11 is 1.90. The molecule has 2 heterocycles. The maximum Gasteiger partial charge on any atom is 0.282 e. The molecule has 2 N–H and O–H groups in total. The third-order valence-corrected chi connectivity index (χ3v) is 5.41. The van der Waals surface area contributed by atoms with Crippen molar-refractivity contribution >= 4 is 24.0 Å². The molecule has 104 valence electrons. The van der Waals surface area contributed by atoms with Crippen molar-refractivity contribution in [1.82, 2.24) is 0 Å². The minimum atomic E-state index is -0.118. The van der Waals surface area contributed by atoms with Crippen LogP contribution in [0.25, 0.3) is 0 Å². The molecule has 0 saturated carbocycles. The van der Waals surface area contributed by atoms with E-state index in [2.05, 4.69) is 34.4 Å². The van der Waals surface area contributed by atoms with Crippen molar-refractivity contribution in [3.05, 3.63) is 34.9 Å². The lowest BCUT2D eigenvalue weighted by molar-refractivity contribution is 0.235. The van der Waals surface area contributed by atoms with Crippen LogP contribution >= 0.6 is 11.8 Å². The predicted molar refractivity (Wildman–Crippen MR) is 82.5 cm³/mol. The van der Waals surface area contributed by atoms with E-state index < -0.39 is 0 Å². The molecule has 20 heavy (non-hydrogen) atoms. The van der Waals surface area contributed by atoms with Crippen molar-refractivity contribution in [3.63, 3.8) is 0 Å². The molecule has 4 rings (SSSR count). The Morgan fingerprint density at radius 2 is 2.35 bits per heavy atom. The van der Waals surface area contributed by atoms with Crippen molar-refractivity contribution in [2.24, 2.45) is 15.7 Å². The fourth-order valence-electron chi connectivity index (χ4n) is 3.39. The van der Waals surface area contributed by atoms with Crippen LogP contribution in [0, 0.1) is 0 Å². The van der Waals surface area contributed by atoms with E-state index >= 15 is 0 Å². The van der Waals surface area contributed by atoms with Gasteiger partial charge in [-0.1, -0.05) is 18.2 Å². The maximum absolute atomic E-state index is 5.70. The van der Waals surface area contributed by atoms with Crippen LogP contribution in [0.15, 0.2) is 28.2 Å². The van der Waals surface area contributed by atoms with E-state index in [9.17, 15) is 0 Å². The normalized spacial score (nSPS) is 31.2. The highest BCUT2D eigenvalue weighted by Crippen LogP contribution is 2.40. The molecule has 2 atom stereocenters. The van der Waals surface area contributed by atoms with Crippen molar-refractivity contribution in [1.29, 1.82) is 0 Å². The van der Waals surface area contributed by atoms with Crippen molar-refractivity contribution in [3.8, 4) is 0 Å². The molecule has 2 unspecified atom stereocenters. The molecule has 1 spiro atoms. The monoisotopic (exact) mass is 287 g/mol. The van der Waals surface area contributed by atoms with Crippen LogP contribution in [-0.2, 0) is 17.6 Å². The lowest BCUT2D eigenvalue weighted by Gasteiger charge is -2.32. The second kappa shape index (κ2) is 4.52. The summed E-state index contributed by atoms with van der Waals surface area (Å²) in [5.74, 6) is 0.882. The number of amidine groups is 1. The minimum absolute atomic E-state index is 0.118. The quantitative estimate of drug-likeness (QED) is 0.860. The Morgan fingerprint density at radius 3 is 3.10 bits per heavy atom. The minimum Gasteiger partial charge on any atom is -0.463 e. The first-order valence-corrected chi connectivity index (χ1v) is 8.01. The number of benzene rings is 1. The van der Waals surface area contributed by atoms with Crippen LogP contribution in [0.5, 0.6) is 0 Å². The van der Waals surface area contributed by atoms with Gasteiger partial charge in [0, 0.05) is 12.6 Å². The Labute approximate surface area is 122 Å². The molecule has 2 aliphatic heterocycles. The molecule has 0 bridgehead atoms. The highest BCUT2D eigenvalue weighted by Gasteiger charge is 2.40. The van der Waals surface area contributed by atoms with Crippen LogP contribution < -0.4 is 5.73 Å². The van der Waals surface area contributed by atoms with E-state index in [-0.39, 0.29) is 5.54 Å². The lowest BCUT2D eigenvalue weighted by Crippen LogP contribution is -2.36. The number of nitrogens with two attached hydrogens (primary N) is 1. The van der Waals surface area contributed by atoms with Gasteiger partial charge < -0.3 is 10.5 Å². The van der Waals surface area contributed by atoms with Gasteiger partial charge in [-0.15, -0.1) is 11.8 Å². The Balaban J connectivity index is 1.70. The largest absolute Gasteiger partial charge is 0.463 e.